The number of hydrogen-bond acceptors (Lipinski definition) is 6. The molecule has 0 aliphatic heterocycles. The Balaban J connectivity index is 2.71. The number of aromatic nitrogens is 3. The van der Waals surface area contributed by atoms with Crippen LogP contribution in [0.1, 0.15) is 31.2 Å². The monoisotopic (exact) mass is 287 g/mol. The summed E-state index contributed by atoms with van der Waals surface area (Å²) >= 11 is 0. The molecule has 1 heterocycles. The topological polar surface area (TPSA) is 107 Å². The number of methoxy groups -OCH3 is 1. The molecule has 0 aliphatic carbocycles. The molecule has 0 aliphatic rings. The number of nitrogens with zero attached hydrogens (tertiary/aromatic N) is 5. The molecule has 0 saturated carbocycles. The lowest BCUT2D eigenvalue weighted by Crippen LogP contribution is -2.07. The van der Waals surface area contributed by atoms with E-state index in [4.69, 9.17) is 10.00 Å². The third-order valence-corrected chi connectivity index (χ3v) is 2.96. The molecule has 108 valence electrons. The molecule has 8 heteroatoms. The van der Waals surface area contributed by atoms with E-state index in [0.29, 0.717) is 17.1 Å². The average molecular weight is 287 g/mol. The van der Waals surface area contributed by atoms with Crippen LogP contribution in [-0.2, 0) is 0 Å². The van der Waals surface area contributed by atoms with Crippen LogP contribution in [0.25, 0.3) is 5.69 Å². The molecule has 2 rings (SSSR count). The zero-order valence-corrected chi connectivity index (χ0v) is 11.8. The van der Waals surface area contributed by atoms with E-state index in [1.54, 1.807) is 0 Å². The second-order valence-electron chi connectivity index (χ2n) is 4.61. The highest BCUT2D eigenvalue weighted by Crippen LogP contribution is 2.30. The lowest BCUT2D eigenvalue weighted by Gasteiger charge is -2.12. The van der Waals surface area contributed by atoms with Gasteiger partial charge in [-0.1, -0.05) is 19.1 Å². The molecular formula is C13H13N5O3. The zero-order valence-electron chi connectivity index (χ0n) is 11.8. The van der Waals surface area contributed by atoms with E-state index < -0.39 is 4.92 Å². The molecule has 1 aromatic heterocycles. The van der Waals surface area contributed by atoms with Gasteiger partial charge in [0.2, 0.25) is 0 Å². The molecule has 21 heavy (non-hydrogen) atoms. The smallest absolute Gasteiger partial charge is 0.271 e. The summed E-state index contributed by atoms with van der Waals surface area (Å²) in [6.45, 7) is 3.78. The molecule has 0 bridgehead atoms. The number of nitriles is 1. The fourth-order valence-electron chi connectivity index (χ4n) is 2.02. The molecule has 0 unspecified atom stereocenters. The Hall–Kier alpha value is -2.95. The van der Waals surface area contributed by atoms with Crippen LogP contribution in [0, 0.1) is 21.4 Å². The number of benzene rings is 1. The number of hydrogen-bond donors (Lipinski definition) is 0. The van der Waals surface area contributed by atoms with E-state index in [-0.39, 0.29) is 17.3 Å². The lowest BCUT2D eigenvalue weighted by molar-refractivity contribution is -0.384. The zero-order chi connectivity index (χ0) is 15.6. The van der Waals surface area contributed by atoms with E-state index >= 15 is 0 Å². The number of rotatable bonds is 4. The van der Waals surface area contributed by atoms with Crippen molar-refractivity contribution >= 4 is 5.69 Å². The fourth-order valence-corrected chi connectivity index (χ4v) is 2.02. The minimum absolute atomic E-state index is 0.0291. The van der Waals surface area contributed by atoms with Crippen molar-refractivity contribution in [1.29, 1.82) is 5.26 Å². The second-order valence-corrected chi connectivity index (χ2v) is 4.61. The normalized spacial score (nSPS) is 10.4. The Bertz CT molecular complexity index is 730. The molecule has 0 spiro atoms. The predicted octanol–water partition coefficient (Wildman–Crippen LogP) is 2.18. The predicted molar refractivity (Wildman–Crippen MR) is 73.4 cm³/mol. The van der Waals surface area contributed by atoms with Gasteiger partial charge < -0.3 is 4.74 Å². The van der Waals surface area contributed by atoms with Gasteiger partial charge in [-0.15, -0.1) is 5.10 Å². The Labute approximate surface area is 120 Å². The number of non-ortho nitro benzene ring substituents is 1. The maximum atomic E-state index is 10.9. The lowest BCUT2D eigenvalue weighted by atomic mass is 10.1. The highest BCUT2D eigenvalue weighted by Gasteiger charge is 2.21. The molecular weight excluding hydrogens is 274 g/mol. The van der Waals surface area contributed by atoms with Gasteiger partial charge in [0.15, 0.2) is 5.69 Å². The van der Waals surface area contributed by atoms with E-state index in [1.807, 2.05) is 19.9 Å². The van der Waals surface area contributed by atoms with E-state index in [2.05, 4.69) is 10.3 Å². The van der Waals surface area contributed by atoms with Crippen LogP contribution in [0.2, 0.25) is 0 Å². The van der Waals surface area contributed by atoms with Crippen molar-refractivity contribution in [2.75, 3.05) is 7.11 Å². The molecule has 0 saturated heterocycles. The van der Waals surface area contributed by atoms with E-state index in [0.717, 1.165) is 0 Å². The quantitative estimate of drug-likeness (QED) is 0.630. The van der Waals surface area contributed by atoms with Crippen LogP contribution >= 0.6 is 0 Å². The summed E-state index contributed by atoms with van der Waals surface area (Å²) in [4.78, 5) is 10.4. The molecule has 0 N–H and O–H groups in total. The van der Waals surface area contributed by atoms with Crippen LogP contribution in [0.15, 0.2) is 18.2 Å². The fraction of sp³-hybridized carbons (Fsp3) is 0.308. The molecule has 1 aromatic carbocycles. The molecule has 0 atom stereocenters. The van der Waals surface area contributed by atoms with Crippen molar-refractivity contribution in [3.63, 3.8) is 0 Å². The van der Waals surface area contributed by atoms with Crippen LogP contribution in [0.4, 0.5) is 5.69 Å². The molecule has 2 aromatic rings. The second kappa shape index (κ2) is 5.58. The molecule has 8 nitrogen and oxygen atoms in total. The first-order valence-electron chi connectivity index (χ1n) is 6.18. The maximum absolute atomic E-state index is 10.9. The van der Waals surface area contributed by atoms with E-state index in [1.165, 1.54) is 30.0 Å². The highest BCUT2D eigenvalue weighted by atomic mass is 16.6. The molecule has 0 radical (unpaired) electrons. The summed E-state index contributed by atoms with van der Waals surface area (Å²) < 4.78 is 6.63. The standard InChI is InChI=1S/C13H13N5O3/c1-8(2)13-10(7-14)15-16-17(13)11-6-9(18(19)20)4-5-12(11)21-3/h4-6,8H,1-3H3. The maximum Gasteiger partial charge on any atom is 0.271 e. The van der Waals surface area contributed by atoms with E-state index in [9.17, 15) is 10.1 Å². The van der Waals surface area contributed by atoms with Crippen LogP contribution in [0.3, 0.4) is 0 Å². The average Bonchev–Trinajstić information content (AvgIpc) is 2.90. The first kappa shape index (κ1) is 14.5. The van der Waals surface area contributed by atoms with Gasteiger partial charge >= 0.3 is 0 Å². The Morgan fingerprint density at radius 1 is 1.48 bits per heavy atom. The van der Waals surface area contributed by atoms with Crippen molar-refractivity contribution < 1.29 is 9.66 Å². The summed E-state index contributed by atoms with van der Waals surface area (Å²) in [5.74, 6) is 0.385. The van der Waals surface area contributed by atoms with Crippen LogP contribution in [-0.4, -0.2) is 27.0 Å². The van der Waals surface area contributed by atoms with Gasteiger partial charge in [0.25, 0.3) is 5.69 Å². The first-order chi connectivity index (χ1) is 9.99. The third-order valence-electron chi connectivity index (χ3n) is 2.96. The van der Waals surface area contributed by atoms with Crippen molar-refractivity contribution in [3.8, 4) is 17.5 Å². The van der Waals surface area contributed by atoms with Gasteiger partial charge in [0, 0.05) is 12.1 Å². The van der Waals surface area contributed by atoms with Crippen molar-refractivity contribution in [2.45, 2.75) is 19.8 Å². The van der Waals surface area contributed by atoms with Crippen molar-refractivity contribution in [2.24, 2.45) is 0 Å². The number of nitro groups is 1. The van der Waals surface area contributed by atoms with Crippen molar-refractivity contribution in [3.05, 3.63) is 39.7 Å². The van der Waals surface area contributed by atoms with Crippen molar-refractivity contribution in [1.82, 2.24) is 15.0 Å². The van der Waals surface area contributed by atoms with Gasteiger partial charge in [0.1, 0.15) is 17.5 Å². The van der Waals surface area contributed by atoms with Gasteiger partial charge in [-0.2, -0.15) is 5.26 Å². The largest absolute Gasteiger partial charge is 0.494 e. The Kier molecular flexibility index (Phi) is 3.84. The third kappa shape index (κ3) is 2.53. The first-order valence-corrected chi connectivity index (χ1v) is 6.18. The highest BCUT2D eigenvalue weighted by molar-refractivity contribution is 5.54. The van der Waals surface area contributed by atoms with Gasteiger partial charge in [-0.05, 0) is 12.0 Å². The van der Waals surface area contributed by atoms with Gasteiger partial charge in [-0.3, -0.25) is 10.1 Å². The summed E-state index contributed by atoms with van der Waals surface area (Å²) in [7, 11) is 1.46. The summed E-state index contributed by atoms with van der Waals surface area (Å²) in [5, 5.41) is 27.8. The minimum atomic E-state index is -0.500. The van der Waals surface area contributed by atoms with Crippen LogP contribution < -0.4 is 4.74 Å². The molecule has 0 fully saturated rings. The van der Waals surface area contributed by atoms with Crippen LogP contribution in [0.5, 0.6) is 5.75 Å². The Morgan fingerprint density at radius 2 is 2.19 bits per heavy atom. The van der Waals surface area contributed by atoms with Gasteiger partial charge in [-0.25, -0.2) is 4.68 Å². The summed E-state index contributed by atoms with van der Waals surface area (Å²) in [5.41, 5.74) is 1.06. The molecule has 0 amide bonds. The number of ether oxygens (including phenoxy) is 1. The number of nitro benzene ring substituents is 1. The summed E-state index contributed by atoms with van der Waals surface area (Å²) in [6.07, 6.45) is 0. The summed E-state index contributed by atoms with van der Waals surface area (Å²) in [6, 6.07) is 6.16. The van der Waals surface area contributed by atoms with Gasteiger partial charge in [0.05, 0.1) is 17.7 Å². The SMILES string of the molecule is COc1ccc([N+](=O)[O-])cc1-n1nnc(C#N)c1C(C)C. The minimum Gasteiger partial charge on any atom is -0.494 e. The Morgan fingerprint density at radius 3 is 2.71 bits per heavy atom.